The first-order chi connectivity index (χ1) is 16.6. The number of nitrogens with one attached hydrogen (secondary N) is 1. The third kappa shape index (κ3) is 4.35. The number of carbonyl (C=O) groups excluding carboxylic acids is 1. The fraction of sp³-hybridized carbons (Fsp3) is 0.125. The van der Waals surface area contributed by atoms with Crippen molar-refractivity contribution in [1.82, 2.24) is 24.7 Å². The van der Waals surface area contributed by atoms with Crippen molar-refractivity contribution in [2.75, 3.05) is 7.11 Å². The first-order valence-corrected chi connectivity index (χ1v) is 11.4. The molecule has 0 bridgehead atoms. The van der Waals surface area contributed by atoms with Crippen LogP contribution in [-0.4, -0.2) is 37.8 Å². The predicted molar refractivity (Wildman–Crippen MR) is 127 cm³/mol. The monoisotopic (exact) mass is 473 g/mol. The molecule has 3 aromatic heterocycles. The van der Waals surface area contributed by atoms with Crippen LogP contribution in [0.2, 0.25) is 0 Å². The third-order valence-corrected chi connectivity index (χ3v) is 6.13. The van der Waals surface area contributed by atoms with Gasteiger partial charge in [0.05, 0.1) is 42.1 Å². The van der Waals surface area contributed by atoms with E-state index in [-0.39, 0.29) is 5.56 Å². The van der Waals surface area contributed by atoms with Gasteiger partial charge in [0, 0.05) is 0 Å². The van der Waals surface area contributed by atoms with Crippen LogP contribution in [0.1, 0.15) is 21.7 Å². The minimum absolute atomic E-state index is 0.279. The Kier molecular flexibility index (Phi) is 5.96. The Morgan fingerprint density at radius 3 is 2.74 bits per heavy atom. The molecule has 5 aromatic rings. The summed E-state index contributed by atoms with van der Waals surface area (Å²) in [5, 5.41) is 9.73. The number of esters is 1. The molecule has 0 aliphatic rings. The molecule has 34 heavy (non-hydrogen) atoms. The second-order valence-corrected chi connectivity index (χ2v) is 8.32. The summed E-state index contributed by atoms with van der Waals surface area (Å²) in [5.74, 6) is 1.54. The smallest absolute Gasteiger partial charge is 0.337 e. The standard InChI is InChI=1S/C24H19N5O4S/c1-32-23(31)16-9-10-17-18(12-16)25-20(26-22(17)30)14-34-24-28-27-21(19-8-5-11-33-19)29(24)13-15-6-3-2-4-7-15/h2-12H,13-14H2,1H3,(H,25,26,30). The van der Waals surface area contributed by atoms with Gasteiger partial charge >= 0.3 is 5.97 Å². The van der Waals surface area contributed by atoms with E-state index in [1.807, 2.05) is 41.0 Å². The average molecular weight is 474 g/mol. The van der Waals surface area contributed by atoms with E-state index in [9.17, 15) is 9.59 Å². The number of rotatable bonds is 7. The Morgan fingerprint density at radius 1 is 1.12 bits per heavy atom. The van der Waals surface area contributed by atoms with Crippen LogP contribution in [0.15, 0.2) is 81.3 Å². The zero-order valence-corrected chi connectivity index (χ0v) is 18.9. The van der Waals surface area contributed by atoms with Crippen LogP contribution in [0.5, 0.6) is 0 Å². The maximum Gasteiger partial charge on any atom is 0.337 e. The predicted octanol–water partition coefficient (Wildman–Crippen LogP) is 3.90. The number of aromatic amines is 1. The summed E-state index contributed by atoms with van der Waals surface area (Å²) >= 11 is 1.39. The molecular weight excluding hydrogens is 454 g/mol. The van der Waals surface area contributed by atoms with Crippen LogP contribution in [-0.2, 0) is 17.0 Å². The Labute approximate surface area is 197 Å². The SMILES string of the molecule is COC(=O)c1ccc2c(=O)[nH]c(CSc3nnc(-c4ccco4)n3Cc3ccccc3)nc2c1. The number of fused-ring (bicyclic) bond motifs is 1. The van der Waals surface area contributed by atoms with Gasteiger partial charge in [0.25, 0.3) is 5.56 Å². The molecule has 0 atom stereocenters. The first kappa shape index (κ1) is 21.7. The summed E-state index contributed by atoms with van der Waals surface area (Å²) in [7, 11) is 1.31. The fourth-order valence-electron chi connectivity index (χ4n) is 3.53. The molecule has 1 N–H and O–H groups in total. The number of hydrogen-bond acceptors (Lipinski definition) is 8. The molecule has 0 fully saturated rings. The van der Waals surface area contributed by atoms with E-state index in [1.165, 1.54) is 18.9 Å². The summed E-state index contributed by atoms with van der Waals surface area (Å²) in [6.07, 6.45) is 1.59. The molecule has 0 unspecified atom stereocenters. The molecule has 9 nitrogen and oxygen atoms in total. The number of hydrogen-bond donors (Lipinski definition) is 1. The molecule has 5 rings (SSSR count). The maximum absolute atomic E-state index is 12.6. The lowest BCUT2D eigenvalue weighted by Gasteiger charge is -2.09. The van der Waals surface area contributed by atoms with Gasteiger partial charge in [-0.1, -0.05) is 42.1 Å². The second-order valence-electron chi connectivity index (χ2n) is 7.38. The lowest BCUT2D eigenvalue weighted by molar-refractivity contribution is 0.0601. The quantitative estimate of drug-likeness (QED) is 0.279. The maximum atomic E-state index is 12.6. The second kappa shape index (κ2) is 9.36. The summed E-state index contributed by atoms with van der Waals surface area (Å²) in [6, 6.07) is 18.3. The average Bonchev–Trinajstić information content (AvgIpc) is 3.53. The molecule has 0 saturated carbocycles. The molecule has 0 spiro atoms. The van der Waals surface area contributed by atoms with Gasteiger partial charge in [-0.2, -0.15) is 0 Å². The Morgan fingerprint density at radius 2 is 1.97 bits per heavy atom. The van der Waals surface area contributed by atoms with Gasteiger partial charge in [-0.05, 0) is 35.9 Å². The number of methoxy groups -OCH3 is 1. The van der Waals surface area contributed by atoms with Crippen molar-refractivity contribution in [2.24, 2.45) is 0 Å². The van der Waals surface area contributed by atoms with E-state index < -0.39 is 5.97 Å². The van der Waals surface area contributed by atoms with Gasteiger partial charge < -0.3 is 14.1 Å². The van der Waals surface area contributed by atoms with Crippen LogP contribution in [0.25, 0.3) is 22.5 Å². The lowest BCUT2D eigenvalue weighted by atomic mass is 10.1. The number of nitrogens with zero attached hydrogens (tertiary/aromatic N) is 4. The largest absolute Gasteiger partial charge is 0.465 e. The number of H-pyrrole nitrogens is 1. The van der Waals surface area contributed by atoms with Crippen molar-refractivity contribution in [3.8, 4) is 11.6 Å². The molecule has 170 valence electrons. The van der Waals surface area contributed by atoms with E-state index in [1.54, 1.807) is 30.5 Å². The number of carbonyl (C=O) groups is 1. The Balaban J connectivity index is 1.45. The number of furan rings is 1. The highest BCUT2D eigenvalue weighted by molar-refractivity contribution is 7.98. The first-order valence-electron chi connectivity index (χ1n) is 10.4. The van der Waals surface area contributed by atoms with E-state index >= 15 is 0 Å². The minimum atomic E-state index is -0.487. The summed E-state index contributed by atoms with van der Waals surface area (Å²) in [6.45, 7) is 0.552. The highest BCUT2D eigenvalue weighted by Crippen LogP contribution is 2.27. The third-order valence-electron chi connectivity index (χ3n) is 5.16. The molecule has 2 aromatic carbocycles. The number of aromatic nitrogens is 5. The molecule has 0 radical (unpaired) electrons. The lowest BCUT2D eigenvalue weighted by Crippen LogP contribution is -2.12. The van der Waals surface area contributed by atoms with E-state index in [2.05, 4.69) is 20.2 Å². The van der Waals surface area contributed by atoms with Crippen molar-refractivity contribution < 1.29 is 13.9 Å². The number of thioether (sulfide) groups is 1. The molecule has 0 saturated heterocycles. The number of ether oxygens (including phenoxy) is 1. The molecule has 3 heterocycles. The van der Waals surface area contributed by atoms with Gasteiger partial charge in [-0.3, -0.25) is 9.36 Å². The van der Waals surface area contributed by atoms with Crippen LogP contribution in [0, 0.1) is 0 Å². The molecule has 0 aliphatic carbocycles. The minimum Gasteiger partial charge on any atom is -0.465 e. The van der Waals surface area contributed by atoms with Gasteiger partial charge in [0.2, 0.25) is 5.82 Å². The van der Waals surface area contributed by atoms with E-state index in [0.29, 0.717) is 51.3 Å². The summed E-state index contributed by atoms with van der Waals surface area (Å²) in [5.41, 5.74) is 1.56. The number of benzene rings is 2. The van der Waals surface area contributed by atoms with Gasteiger partial charge in [-0.15, -0.1) is 10.2 Å². The highest BCUT2D eigenvalue weighted by atomic mass is 32.2. The van der Waals surface area contributed by atoms with Crippen molar-refractivity contribution in [2.45, 2.75) is 17.5 Å². The molecule has 0 amide bonds. The summed E-state index contributed by atoms with van der Waals surface area (Å²) in [4.78, 5) is 31.8. The normalized spacial score (nSPS) is 11.1. The van der Waals surface area contributed by atoms with E-state index in [0.717, 1.165) is 5.56 Å². The van der Waals surface area contributed by atoms with Crippen LogP contribution < -0.4 is 5.56 Å². The van der Waals surface area contributed by atoms with Crippen LogP contribution in [0.4, 0.5) is 0 Å². The Bertz CT molecular complexity index is 1510. The van der Waals surface area contributed by atoms with Crippen molar-refractivity contribution in [3.63, 3.8) is 0 Å². The fourth-order valence-corrected chi connectivity index (χ4v) is 4.33. The van der Waals surface area contributed by atoms with Crippen LogP contribution >= 0.6 is 11.8 Å². The molecule has 0 aliphatic heterocycles. The van der Waals surface area contributed by atoms with Crippen molar-refractivity contribution >= 4 is 28.6 Å². The van der Waals surface area contributed by atoms with Gasteiger partial charge in [0.1, 0.15) is 5.82 Å². The molecule has 10 heteroatoms. The topological polar surface area (TPSA) is 116 Å². The molecular formula is C24H19N5O4S. The summed E-state index contributed by atoms with van der Waals surface area (Å²) < 4.78 is 12.3. The van der Waals surface area contributed by atoms with Crippen LogP contribution in [0.3, 0.4) is 0 Å². The van der Waals surface area contributed by atoms with E-state index in [4.69, 9.17) is 9.15 Å². The highest BCUT2D eigenvalue weighted by Gasteiger charge is 2.18. The van der Waals surface area contributed by atoms with Crippen molar-refractivity contribution in [3.05, 3.63) is 94.2 Å². The van der Waals surface area contributed by atoms with Gasteiger partial charge in [0.15, 0.2) is 10.9 Å². The zero-order valence-electron chi connectivity index (χ0n) is 18.1. The zero-order chi connectivity index (χ0) is 23.5. The Hall–Kier alpha value is -4.18. The van der Waals surface area contributed by atoms with Gasteiger partial charge in [-0.25, -0.2) is 9.78 Å². The van der Waals surface area contributed by atoms with Crippen molar-refractivity contribution in [1.29, 1.82) is 0 Å².